The normalized spacial score (nSPS) is 19.6. The first-order valence-electron chi connectivity index (χ1n) is 6.82. The van der Waals surface area contributed by atoms with E-state index in [-0.39, 0.29) is 61.9 Å². The van der Waals surface area contributed by atoms with Gasteiger partial charge >= 0.3 is 0 Å². The van der Waals surface area contributed by atoms with E-state index in [4.69, 9.17) is 22.1 Å². The van der Waals surface area contributed by atoms with Crippen molar-refractivity contribution in [1.82, 2.24) is 8.61 Å². The standard InChI is InChI=1S/C13H19ClFN3O3S.ClH/c1-17(9-11-12(14)3-2-4-13(11)15)22(19,20)18-5-6-21-10(7-16)8-18;/h2-4,10H,5-9,16H2,1H3;1H. The monoisotopic (exact) mass is 387 g/mol. The largest absolute Gasteiger partial charge is 0.374 e. The number of halogens is 3. The Balaban J connectivity index is 0.00000264. The lowest BCUT2D eigenvalue weighted by Crippen LogP contribution is -2.51. The predicted molar refractivity (Wildman–Crippen MR) is 89.4 cm³/mol. The smallest absolute Gasteiger partial charge is 0.282 e. The Morgan fingerprint density at radius 3 is 2.83 bits per heavy atom. The van der Waals surface area contributed by atoms with Gasteiger partial charge < -0.3 is 10.5 Å². The van der Waals surface area contributed by atoms with Gasteiger partial charge in [0.2, 0.25) is 0 Å². The first-order chi connectivity index (χ1) is 10.4. The van der Waals surface area contributed by atoms with Crippen molar-refractivity contribution in [3.63, 3.8) is 0 Å². The first-order valence-corrected chi connectivity index (χ1v) is 8.59. The van der Waals surface area contributed by atoms with E-state index in [1.165, 1.54) is 29.6 Å². The molecule has 0 radical (unpaired) electrons. The summed E-state index contributed by atoms with van der Waals surface area (Å²) in [5, 5.41) is 0.198. The molecule has 23 heavy (non-hydrogen) atoms. The van der Waals surface area contributed by atoms with Crippen LogP contribution in [0.5, 0.6) is 0 Å². The number of hydrogen-bond acceptors (Lipinski definition) is 4. The van der Waals surface area contributed by atoms with Crippen molar-refractivity contribution in [3.8, 4) is 0 Å². The molecule has 10 heteroatoms. The second-order valence-electron chi connectivity index (χ2n) is 5.05. The van der Waals surface area contributed by atoms with Crippen molar-refractivity contribution in [3.05, 3.63) is 34.6 Å². The van der Waals surface area contributed by atoms with Crippen LogP contribution in [0.2, 0.25) is 5.02 Å². The molecule has 0 spiro atoms. The van der Waals surface area contributed by atoms with Crippen molar-refractivity contribution >= 4 is 34.2 Å². The summed E-state index contributed by atoms with van der Waals surface area (Å²) in [5.41, 5.74) is 5.67. The lowest BCUT2D eigenvalue weighted by atomic mass is 10.2. The third kappa shape index (κ3) is 4.76. The highest BCUT2D eigenvalue weighted by Crippen LogP contribution is 2.22. The average Bonchev–Trinajstić information content (AvgIpc) is 2.50. The van der Waals surface area contributed by atoms with Crippen molar-refractivity contribution in [2.45, 2.75) is 12.6 Å². The molecule has 1 aliphatic rings. The molecule has 1 unspecified atom stereocenters. The van der Waals surface area contributed by atoms with Crippen LogP contribution >= 0.6 is 24.0 Å². The van der Waals surface area contributed by atoms with Crippen molar-refractivity contribution in [2.75, 3.05) is 33.3 Å². The molecule has 1 atom stereocenters. The second-order valence-corrected chi connectivity index (χ2v) is 7.49. The van der Waals surface area contributed by atoms with Gasteiger partial charge in [-0.2, -0.15) is 17.0 Å². The Bertz CT molecular complexity index is 613. The lowest BCUT2D eigenvalue weighted by molar-refractivity contribution is 0.00287. The zero-order chi connectivity index (χ0) is 16.3. The lowest BCUT2D eigenvalue weighted by Gasteiger charge is -2.34. The van der Waals surface area contributed by atoms with E-state index in [0.29, 0.717) is 0 Å². The minimum Gasteiger partial charge on any atom is -0.374 e. The van der Waals surface area contributed by atoms with Crippen LogP contribution in [-0.2, 0) is 21.5 Å². The minimum absolute atomic E-state index is 0. The van der Waals surface area contributed by atoms with Crippen LogP contribution in [0.3, 0.4) is 0 Å². The maximum atomic E-state index is 13.8. The molecule has 6 nitrogen and oxygen atoms in total. The topological polar surface area (TPSA) is 75.9 Å². The van der Waals surface area contributed by atoms with E-state index in [0.717, 1.165) is 4.31 Å². The van der Waals surface area contributed by atoms with Crippen LogP contribution in [0.25, 0.3) is 0 Å². The van der Waals surface area contributed by atoms with Gasteiger partial charge in [-0.15, -0.1) is 12.4 Å². The number of rotatable bonds is 5. The molecule has 0 aromatic heterocycles. The van der Waals surface area contributed by atoms with Gasteiger partial charge in [0.05, 0.1) is 12.7 Å². The van der Waals surface area contributed by atoms with Crippen LogP contribution in [0.1, 0.15) is 5.56 Å². The maximum Gasteiger partial charge on any atom is 0.282 e. The highest BCUT2D eigenvalue weighted by molar-refractivity contribution is 7.86. The van der Waals surface area contributed by atoms with E-state index in [1.54, 1.807) is 0 Å². The number of hydrogen-bond donors (Lipinski definition) is 1. The number of morpholine rings is 1. The maximum absolute atomic E-state index is 13.8. The Hall–Kier alpha value is -0.480. The van der Waals surface area contributed by atoms with Crippen LogP contribution in [0.4, 0.5) is 4.39 Å². The van der Waals surface area contributed by atoms with E-state index >= 15 is 0 Å². The zero-order valence-electron chi connectivity index (χ0n) is 12.6. The van der Waals surface area contributed by atoms with Gasteiger partial charge in [-0.1, -0.05) is 17.7 Å². The summed E-state index contributed by atoms with van der Waals surface area (Å²) in [6, 6.07) is 4.25. The van der Waals surface area contributed by atoms with Gasteiger partial charge in [0.25, 0.3) is 10.2 Å². The summed E-state index contributed by atoms with van der Waals surface area (Å²) in [6.07, 6.45) is -0.325. The van der Waals surface area contributed by atoms with Gasteiger partial charge in [-0.05, 0) is 12.1 Å². The van der Waals surface area contributed by atoms with Crippen LogP contribution in [0, 0.1) is 5.82 Å². The third-order valence-electron chi connectivity index (χ3n) is 3.53. The Kier molecular flexibility index (Phi) is 7.66. The summed E-state index contributed by atoms with van der Waals surface area (Å²) in [5.74, 6) is -0.531. The van der Waals surface area contributed by atoms with Crippen LogP contribution < -0.4 is 5.73 Å². The highest BCUT2D eigenvalue weighted by atomic mass is 35.5. The molecule has 1 aliphatic heterocycles. The average molecular weight is 388 g/mol. The molecular weight excluding hydrogens is 368 g/mol. The third-order valence-corrected chi connectivity index (χ3v) is 5.78. The fraction of sp³-hybridized carbons (Fsp3) is 0.538. The van der Waals surface area contributed by atoms with Gasteiger partial charge in [0.15, 0.2) is 0 Å². The summed E-state index contributed by atoms with van der Waals surface area (Å²) < 4.78 is 46.7. The van der Waals surface area contributed by atoms with E-state index < -0.39 is 16.0 Å². The molecule has 1 aromatic carbocycles. The van der Waals surface area contributed by atoms with E-state index in [2.05, 4.69) is 0 Å². The molecule has 1 aromatic rings. The molecule has 0 amide bonds. The molecule has 1 heterocycles. The molecular formula is C13H20Cl2FN3O3S. The number of nitrogens with zero attached hydrogens (tertiary/aromatic N) is 2. The van der Waals surface area contributed by atoms with Crippen LogP contribution in [0.15, 0.2) is 18.2 Å². The van der Waals surface area contributed by atoms with Gasteiger partial charge in [-0.25, -0.2) is 4.39 Å². The molecule has 0 saturated carbocycles. The number of ether oxygens (including phenoxy) is 1. The SMILES string of the molecule is CN(Cc1c(F)cccc1Cl)S(=O)(=O)N1CCOC(CN)C1.Cl. The quantitative estimate of drug-likeness (QED) is 0.824. The fourth-order valence-electron chi connectivity index (χ4n) is 2.23. The molecule has 1 fully saturated rings. The summed E-state index contributed by atoms with van der Waals surface area (Å²) in [4.78, 5) is 0. The molecule has 0 aliphatic carbocycles. The molecule has 132 valence electrons. The minimum atomic E-state index is -3.73. The molecule has 2 rings (SSSR count). The van der Waals surface area contributed by atoms with Gasteiger partial charge in [0.1, 0.15) is 5.82 Å². The Labute approximate surface area is 146 Å². The van der Waals surface area contributed by atoms with Crippen molar-refractivity contribution < 1.29 is 17.5 Å². The van der Waals surface area contributed by atoms with E-state index in [1.807, 2.05) is 0 Å². The predicted octanol–water partition coefficient (Wildman–Crippen LogP) is 1.24. The number of nitrogens with two attached hydrogens (primary N) is 1. The van der Waals surface area contributed by atoms with E-state index in [9.17, 15) is 12.8 Å². The summed E-state index contributed by atoms with van der Waals surface area (Å²) >= 11 is 5.94. The van der Waals surface area contributed by atoms with Gasteiger partial charge in [0, 0.05) is 43.8 Å². The number of benzene rings is 1. The highest BCUT2D eigenvalue weighted by Gasteiger charge is 2.32. The van der Waals surface area contributed by atoms with Crippen LogP contribution in [-0.4, -0.2) is 56.4 Å². The van der Waals surface area contributed by atoms with Crippen molar-refractivity contribution in [2.24, 2.45) is 5.73 Å². The molecule has 1 saturated heterocycles. The molecule has 2 N–H and O–H groups in total. The Morgan fingerprint density at radius 2 is 2.22 bits per heavy atom. The van der Waals surface area contributed by atoms with Crippen molar-refractivity contribution in [1.29, 1.82) is 0 Å². The van der Waals surface area contributed by atoms with Gasteiger partial charge in [-0.3, -0.25) is 0 Å². The summed E-state index contributed by atoms with van der Waals surface area (Å²) in [7, 11) is -2.34. The zero-order valence-corrected chi connectivity index (χ0v) is 15.0. The Morgan fingerprint density at radius 1 is 1.52 bits per heavy atom. The molecule has 0 bridgehead atoms. The summed E-state index contributed by atoms with van der Waals surface area (Å²) in [6.45, 7) is 0.825. The second kappa shape index (κ2) is 8.57. The first kappa shape index (κ1) is 20.6. The fourth-order valence-corrected chi connectivity index (χ4v) is 3.80.